The largest absolute Gasteiger partial charge is 0.497 e. The number of likely N-dealkylation sites (N-methyl/N-ethyl adjacent to an activating group) is 1. The predicted molar refractivity (Wildman–Crippen MR) is 111 cm³/mol. The van der Waals surface area contributed by atoms with Gasteiger partial charge in [0.2, 0.25) is 11.8 Å². The van der Waals surface area contributed by atoms with Crippen molar-refractivity contribution in [1.82, 2.24) is 4.90 Å². The summed E-state index contributed by atoms with van der Waals surface area (Å²) >= 11 is 0. The zero-order valence-electron chi connectivity index (χ0n) is 16.9. The Morgan fingerprint density at radius 2 is 1.75 bits per heavy atom. The maximum atomic E-state index is 12.4. The molecule has 6 nitrogen and oxygen atoms in total. The number of benzene rings is 2. The standard InChI is InChI=1S/C22H26N2O4/c1-15-7-6-8-16(2)22(15)23-20(25)14-24(3)21(26)12-10-17-9-11-18(27-4)13-19(17)28-5/h6-13H,14H2,1-5H3,(H,23,25). The first-order valence-corrected chi connectivity index (χ1v) is 8.87. The van der Waals surface area contributed by atoms with E-state index in [2.05, 4.69) is 5.32 Å². The van der Waals surface area contributed by atoms with Gasteiger partial charge in [0.1, 0.15) is 11.5 Å². The smallest absolute Gasteiger partial charge is 0.246 e. The van der Waals surface area contributed by atoms with Crippen LogP contribution in [0.4, 0.5) is 5.69 Å². The first-order valence-electron chi connectivity index (χ1n) is 8.87. The van der Waals surface area contributed by atoms with Gasteiger partial charge in [-0.1, -0.05) is 18.2 Å². The monoisotopic (exact) mass is 382 g/mol. The minimum absolute atomic E-state index is 0.0449. The summed E-state index contributed by atoms with van der Waals surface area (Å²) in [6.07, 6.45) is 3.07. The van der Waals surface area contributed by atoms with E-state index >= 15 is 0 Å². The van der Waals surface area contributed by atoms with Crippen LogP contribution in [-0.2, 0) is 9.59 Å². The minimum Gasteiger partial charge on any atom is -0.497 e. The van der Waals surface area contributed by atoms with Crippen LogP contribution in [-0.4, -0.2) is 44.5 Å². The van der Waals surface area contributed by atoms with Gasteiger partial charge in [-0.3, -0.25) is 9.59 Å². The van der Waals surface area contributed by atoms with Gasteiger partial charge in [-0.15, -0.1) is 0 Å². The maximum Gasteiger partial charge on any atom is 0.246 e. The number of ether oxygens (including phenoxy) is 2. The number of aryl methyl sites for hydroxylation is 2. The van der Waals surface area contributed by atoms with Gasteiger partial charge < -0.3 is 19.7 Å². The lowest BCUT2D eigenvalue weighted by atomic mass is 10.1. The van der Waals surface area contributed by atoms with Crippen molar-refractivity contribution in [2.45, 2.75) is 13.8 Å². The van der Waals surface area contributed by atoms with E-state index < -0.39 is 0 Å². The maximum absolute atomic E-state index is 12.4. The fourth-order valence-corrected chi connectivity index (χ4v) is 2.73. The van der Waals surface area contributed by atoms with E-state index in [1.54, 1.807) is 45.5 Å². The number of anilines is 1. The second kappa shape index (κ2) is 9.60. The van der Waals surface area contributed by atoms with Gasteiger partial charge in [-0.2, -0.15) is 0 Å². The highest BCUT2D eigenvalue weighted by Crippen LogP contribution is 2.25. The molecule has 0 saturated heterocycles. The molecular weight excluding hydrogens is 356 g/mol. The molecule has 2 amide bonds. The van der Waals surface area contributed by atoms with Crippen LogP contribution in [0.15, 0.2) is 42.5 Å². The number of amides is 2. The SMILES string of the molecule is COc1ccc(C=CC(=O)N(C)CC(=O)Nc2c(C)cccc2C)c(OC)c1. The molecule has 0 radical (unpaired) electrons. The van der Waals surface area contributed by atoms with Gasteiger partial charge >= 0.3 is 0 Å². The Morgan fingerprint density at radius 3 is 2.36 bits per heavy atom. The van der Waals surface area contributed by atoms with Gasteiger partial charge in [0.05, 0.1) is 20.8 Å². The van der Waals surface area contributed by atoms with E-state index in [-0.39, 0.29) is 18.4 Å². The molecule has 148 valence electrons. The topological polar surface area (TPSA) is 67.9 Å². The van der Waals surface area contributed by atoms with E-state index in [0.29, 0.717) is 11.5 Å². The van der Waals surface area contributed by atoms with Crippen molar-refractivity contribution in [3.05, 3.63) is 59.2 Å². The zero-order chi connectivity index (χ0) is 20.7. The molecule has 2 aromatic rings. The van der Waals surface area contributed by atoms with Gasteiger partial charge in [0.15, 0.2) is 0 Å². The molecule has 0 aliphatic carbocycles. The third kappa shape index (κ3) is 5.36. The van der Waals surface area contributed by atoms with E-state index in [0.717, 1.165) is 22.4 Å². The number of hydrogen-bond donors (Lipinski definition) is 1. The number of nitrogens with one attached hydrogen (secondary N) is 1. The fourth-order valence-electron chi connectivity index (χ4n) is 2.73. The van der Waals surface area contributed by atoms with Crippen molar-refractivity contribution in [3.8, 4) is 11.5 Å². The third-order valence-corrected chi connectivity index (χ3v) is 4.35. The zero-order valence-corrected chi connectivity index (χ0v) is 16.9. The molecule has 0 spiro atoms. The second-order valence-electron chi connectivity index (χ2n) is 6.45. The molecule has 0 aliphatic rings. The summed E-state index contributed by atoms with van der Waals surface area (Å²) in [6.45, 7) is 3.82. The summed E-state index contributed by atoms with van der Waals surface area (Å²) in [5, 5.41) is 2.88. The van der Waals surface area contributed by atoms with Gasteiger partial charge in [-0.05, 0) is 43.2 Å². The van der Waals surface area contributed by atoms with Crippen molar-refractivity contribution >= 4 is 23.6 Å². The molecule has 0 atom stereocenters. The number of rotatable bonds is 7. The number of carbonyl (C=O) groups is 2. The van der Waals surface area contributed by atoms with E-state index in [9.17, 15) is 9.59 Å². The minimum atomic E-state index is -0.283. The molecule has 1 N–H and O–H groups in total. The van der Waals surface area contributed by atoms with Crippen molar-refractivity contribution in [2.24, 2.45) is 0 Å². The quantitative estimate of drug-likeness (QED) is 0.745. The van der Waals surface area contributed by atoms with Crippen LogP contribution >= 0.6 is 0 Å². The molecule has 28 heavy (non-hydrogen) atoms. The Hall–Kier alpha value is -3.28. The Balaban J connectivity index is 2.01. The highest BCUT2D eigenvalue weighted by molar-refractivity contribution is 5.98. The first-order chi connectivity index (χ1) is 13.3. The molecule has 0 aromatic heterocycles. The second-order valence-corrected chi connectivity index (χ2v) is 6.45. The highest BCUT2D eigenvalue weighted by atomic mass is 16.5. The Labute approximate surface area is 165 Å². The normalized spacial score (nSPS) is 10.6. The van der Waals surface area contributed by atoms with Crippen LogP contribution in [0.2, 0.25) is 0 Å². The molecule has 2 aromatic carbocycles. The summed E-state index contributed by atoms with van der Waals surface area (Å²) in [5.74, 6) is 0.734. The summed E-state index contributed by atoms with van der Waals surface area (Å²) in [7, 11) is 4.71. The molecule has 6 heteroatoms. The summed E-state index contributed by atoms with van der Waals surface area (Å²) in [6, 6.07) is 11.1. The number of nitrogens with zero attached hydrogens (tertiary/aromatic N) is 1. The third-order valence-electron chi connectivity index (χ3n) is 4.35. The predicted octanol–water partition coefficient (Wildman–Crippen LogP) is 3.43. The van der Waals surface area contributed by atoms with Crippen LogP contribution < -0.4 is 14.8 Å². The number of carbonyl (C=O) groups excluding carboxylic acids is 2. The van der Waals surface area contributed by atoms with Crippen LogP contribution in [0.1, 0.15) is 16.7 Å². The summed E-state index contributed by atoms with van der Waals surface area (Å²) in [5.41, 5.74) is 3.49. The van der Waals surface area contributed by atoms with Crippen molar-refractivity contribution < 1.29 is 19.1 Å². The van der Waals surface area contributed by atoms with Gasteiger partial charge in [0.25, 0.3) is 0 Å². The first kappa shape index (κ1) is 21.0. The molecule has 0 fully saturated rings. The molecular formula is C22H26N2O4. The van der Waals surface area contributed by atoms with Crippen LogP contribution in [0.3, 0.4) is 0 Å². The Bertz CT molecular complexity index is 870. The summed E-state index contributed by atoms with van der Waals surface area (Å²) in [4.78, 5) is 26.0. The molecule has 2 rings (SSSR count). The van der Waals surface area contributed by atoms with Crippen LogP contribution in [0, 0.1) is 13.8 Å². The van der Waals surface area contributed by atoms with E-state index in [1.807, 2.05) is 32.0 Å². The van der Waals surface area contributed by atoms with Crippen molar-refractivity contribution in [1.29, 1.82) is 0 Å². The van der Waals surface area contributed by atoms with E-state index in [4.69, 9.17) is 9.47 Å². The lowest BCUT2D eigenvalue weighted by Crippen LogP contribution is -2.34. The highest BCUT2D eigenvalue weighted by Gasteiger charge is 2.13. The number of methoxy groups -OCH3 is 2. The number of para-hydroxylation sites is 1. The summed E-state index contributed by atoms with van der Waals surface area (Å²) < 4.78 is 10.5. The fraction of sp³-hybridized carbons (Fsp3) is 0.273. The van der Waals surface area contributed by atoms with Crippen molar-refractivity contribution in [3.63, 3.8) is 0 Å². The Morgan fingerprint density at radius 1 is 1.07 bits per heavy atom. The van der Waals surface area contributed by atoms with Crippen LogP contribution in [0.5, 0.6) is 11.5 Å². The van der Waals surface area contributed by atoms with Crippen molar-refractivity contribution in [2.75, 3.05) is 33.1 Å². The van der Waals surface area contributed by atoms with E-state index in [1.165, 1.54) is 11.0 Å². The average Bonchev–Trinajstić information content (AvgIpc) is 2.68. The van der Waals surface area contributed by atoms with Crippen LogP contribution in [0.25, 0.3) is 6.08 Å². The lowest BCUT2D eigenvalue weighted by molar-refractivity contribution is -0.129. The molecule has 0 aliphatic heterocycles. The Kier molecular flexibility index (Phi) is 7.21. The molecule has 0 bridgehead atoms. The number of hydrogen-bond acceptors (Lipinski definition) is 4. The molecule has 0 saturated carbocycles. The molecule has 0 unspecified atom stereocenters. The van der Waals surface area contributed by atoms with Gasteiger partial charge in [0, 0.05) is 30.4 Å². The van der Waals surface area contributed by atoms with Gasteiger partial charge in [-0.25, -0.2) is 0 Å². The lowest BCUT2D eigenvalue weighted by Gasteiger charge is -2.17. The average molecular weight is 382 g/mol. The molecule has 0 heterocycles.